The number of hydrogen-bond donors (Lipinski definition) is 1. The first-order chi connectivity index (χ1) is 9.95. The van der Waals surface area contributed by atoms with Crippen LogP contribution in [0.5, 0.6) is 0 Å². The molecular formula is C15H22BrN3O2. The van der Waals surface area contributed by atoms with Gasteiger partial charge in [0.05, 0.1) is 4.92 Å². The molecule has 0 radical (unpaired) electrons. The highest BCUT2D eigenvalue weighted by atomic mass is 79.9. The molecule has 2 atom stereocenters. The second-order valence-corrected chi connectivity index (χ2v) is 6.79. The van der Waals surface area contributed by atoms with E-state index in [4.69, 9.17) is 5.73 Å². The van der Waals surface area contributed by atoms with Crippen LogP contribution in [0.25, 0.3) is 0 Å². The van der Waals surface area contributed by atoms with Crippen molar-refractivity contribution < 1.29 is 4.92 Å². The lowest BCUT2D eigenvalue weighted by Crippen LogP contribution is -2.45. The van der Waals surface area contributed by atoms with Crippen molar-refractivity contribution in [1.29, 1.82) is 0 Å². The Morgan fingerprint density at radius 3 is 2.81 bits per heavy atom. The Balaban J connectivity index is 2.51. The fraction of sp³-hybridized carbons (Fsp3) is 0.600. The molecule has 1 heterocycles. The molecule has 2 rings (SSSR count). The van der Waals surface area contributed by atoms with Gasteiger partial charge in [-0.15, -0.1) is 0 Å². The van der Waals surface area contributed by atoms with Gasteiger partial charge in [-0.25, -0.2) is 0 Å². The van der Waals surface area contributed by atoms with Gasteiger partial charge >= 0.3 is 0 Å². The number of benzene rings is 1. The molecule has 2 unspecified atom stereocenters. The summed E-state index contributed by atoms with van der Waals surface area (Å²) in [6.45, 7) is 5.79. The van der Waals surface area contributed by atoms with Gasteiger partial charge in [-0.1, -0.05) is 15.9 Å². The molecule has 5 nitrogen and oxygen atoms in total. The number of hydrogen-bond acceptors (Lipinski definition) is 4. The predicted molar refractivity (Wildman–Crippen MR) is 87.2 cm³/mol. The Kier molecular flexibility index (Phi) is 5.35. The van der Waals surface area contributed by atoms with E-state index in [0.717, 1.165) is 29.4 Å². The zero-order chi connectivity index (χ0) is 15.6. The standard InChI is InChI=1S/C15H22BrN3O2/c1-10(2)18-7-3-4-11(9-17)15(18)13-6-5-12(16)8-14(13)19(20)21/h5-6,8,10-11,15H,3-4,7,9,17H2,1-2H3. The molecule has 0 aliphatic carbocycles. The normalized spacial score (nSPS) is 23.5. The Bertz CT molecular complexity index is 522. The van der Waals surface area contributed by atoms with Crippen LogP contribution in [0.4, 0.5) is 5.69 Å². The van der Waals surface area contributed by atoms with Gasteiger partial charge in [0.25, 0.3) is 5.69 Å². The van der Waals surface area contributed by atoms with Gasteiger partial charge in [0.15, 0.2) is 0 Å². The van der Waals surface area contributed by atoms with Crippen molar-refractivity contribution in [1.82, 2.24) is 4.90 Å². The summed E-state index contributed by atoms with van der Waals surface area (Å²) in [4.78, 5) is 13.5. The molecule has 6 heteroatoms. The lowest BCUT2D eigenvalue weighted by atomic mass is 9.83. The van der Waals surface area contributed by atoms with E-state index in [1.165, 1.54) is 0 Å². The number of halogens is 1. The molecule has 1 aliphatic rings. The topological polar surface area (TPSA) is 72.4 Å². The minimum Gasteiger partial charge on any atom is -0.330 e. The first kappa shape index (κ1) is 16.4. The zero-order valence-electron chi connectivity index (χ0n) is 12.5. The average molecular weight is 356 g/mol. The maximum Gasteiger partial charge on any atom is 0.275 e. The summed E-state index contributed by atoms with van der Waals surface area (Å²) < 4.78 is 0.731. The number of nitrogens with zero attached hydrogens (tertiary/aromatic N) is 2. The van der Waals surface area contributed by atoms with Crippen molar-refractivity contribution in [2.24, 2.45) is 11.7 Å². The van der Waals surface area contributed by atoms with Crippen LogP contribution in [-0.2, 0) is 0 Å². The number of rotatable bonds is 4. The van der Waals surface area contributed by atoms with Crippen LogP contribution in [0, 0.1) is 16.0 Å². The number of nitro benzene ring substituents is 1. The molecule has 0 amide bonds. The summed E-state index contributed by atoms with van der Waals surface area (Å²) in [6.07, 6.45) is 2.12. The summed E-state index contributed by atoms with van der Waals surface area (Å²) in [7, 11) is 0. The number of likely N-dealkylation sites (tertiary alicyclic amines) is 1. The van der Waals surface area contributed by atoms with E-state index in [-0.39, 0.29) is 22.6 Å². The first-order valence-electron chi connectivity index (χ1n) is 7.35. The van der Waals surface area contributed by atoms with Gasteiger partial charge in [-0.05, 0) is 57.8 Å². The highest BCUT2D eigenvalue weighted by molar-refractivity contribution is 9.10. The second-order valence-electron chi connectivity index (χ2n) is 5.87. The SMILES string of the molecule is CC(C)N1CCCC(CN)C1c1ccc(Br)cc1[N+](=O)[O-]. The minimum absolute atomic E-state index is 0.0252. The third kappa shape index (κ3) is 3.44. The van der Waals surface area contributed by atoms with E-state index >= 15 is 0 Å². The molecule has 0 spiro atoms. The molecule has 116 valence electrons. The van der Waals surface area contributed by atoms with Crippen molar-refractivity contribution >= 4 is 21.6 Å². The molecule has 21 heavy (non-hydrogen) atoms. The molecule has 1 fully saturated rings. The van der Waals surface area contributed by atoms with Crippen molar-refractivity contribution in [2.45, 2.75) is 38.8 Å². The third-order valence-corrected chi connectivity index (χ3v) is 4.76. The fourth-order valence-corrected chi connectivity index (χ4v) is 3.64. The Hall–Kier alpha value is -0.980. The first-order valence-corrected chi connectivity index (χ1v) is 8.14. The molecule has 1 aromatic carbocycles. The maximum absolute atomic E-state index is 11.4. The van der Waals surface area contributed by atoms with Gasteiger partial charge < -0.3 is 5.73 Å². The van der Waals surface area contributed by atoms with E-state index in [0.29, 0.717) is 12.6 Å². The second kappa shape index (κ2) is 6.85. The third-order valence-electron chi connectivity index (χ3n) is 4.27. The Morgan fingerprint density at radius 2 is 2.24 bits per heavy atom. The quantitative estimate of drug-likeness (QED) is 0.662. The molecule has 1 aromatic rings. The monoisotopic (exact) mass is 355 g/mol. The van der Waals surface area contributed by atoms with Crippen molar-refractivity contribution in [3.05, 3.63) is 38.3 Å². The minimum atomic E-state index is -0.291. The lowest BCUT2D eigenvalue weighted by Gasteiger charge is -2.43. The predicted octanol–water partition coefficient (Wildman–Crippen LogP) is 3.48. The summed E-state index contributed by atoms with van der Waals surface area (Å²) >= 11 is 3.32. The molecule has 0 saturated carbocycles. The molecule has 1 saturated heterocycles. The van der Waals surface area contributed by atoms with Crippen LogP contribution >= 0.6 is 15.9 Å². The fourth-order valence-electron chi connectivity index (χ4n) is 3.29. The zero-order valence-corrected chi connectivity index (χ0v) is 14.0. The molecule has 2 N–H and O–H groups in total. The van der Waals surface area contributed by atoms with Crippen LogP contribution in [0.2, 0.25) is 0 Å². The van der Waals surface area contributed by atoms with Crippen LogP contribution in [0.1, 0.15) is 38.3 Å². The number of piperidine rings is 1. The van der Waals surface area contributed by atoms with Crippen LogP contribution in [-0.4, -0.2) is 29.0 Å². The summed E-state index contributed by atoms with van der Waals surface area (Å²) in [5.41, 5.74) is 6.91. The van der Waals surface area contributed by atoms with Gasteiger partial charge in [0.2, 0.25) is 0 Å². The smallest absolute Gasteiger partial charge is 0.275 e. The van der Waals surface area contributed by atoms with Crippen molar-refractivity contribution in [2.75, 3.05) is 13.1 Å². The molecule has 1 aliphatic heterocycles. The van der Waals surface area contributed by atoms with Gasteiger partial charge in [-0.3, -0.25) is 15.0 Å². The lowest BCUT2D eigenvalue weighted by molar-refractivity contribution is -0.386. The molecule has 0 aromatic heterocycles. The highest BCUT2D eigenvalue weighted by Crippen LogP contribution is 2.41. The molecule has 0 bridgehead atoms. The number of nitrogens with two attached hydrogens (primary N) is 1. The summed E-state index contributed by atoms with van der Waals surface area (Å²) in [6, 6.07) is 5.71. The molecular weight excluding hydrogens is 334 g/mol. The van der Waals surface area contributed by atoms with Gasteiger partial charge in [0.1, 0.15) is 0 Å². The van der Waals surface area contributed by atoms with Crippen molar-refractivity contribution in [3.8, 4) is 0 Å². The van der Waals surface area contributed by atoms with E-state index in [2.05, 4.69) is 34.7 Å². The van der Waals surface area contributed by atoms with E-state index in [1.54, 1.807) is 6.07 Å². The summed E-state index contributed by atoms with van der Waals surface area (Å²) in [5.74, 6) is 0.265. The maximum atomic E-state index is 11.4. The number of nitro groups is 1. The Morgan fingerprint density at radius 1 is 1.52 bits per heavy atom. The van der Waals surface area contributed by atoms with Crippen LogP contribution in [0.3, 0.4) is 0 Å². The van der Waals surface area contributed by atoms with Crippen LogP contribution < -0.4 is 5.73 Å². The van der Waals surface area contributed by atoms with E-state index in [1.807, 2.05) is 12.1 Å². The largest absolute Gasteiger partial charge is 0.330 e. The Labute approximate surface area is 133 Å². The average Bonchev–Trinajstić information content (AvgIpc) is 2.46. The summed E-state index contributed by atoms with van der Waals surface area (Å²) in [5, 5.41) is 11.4. The van der Waals surface area contributed by atoms with Crippen LogP contribution in [0.15, 0.2) is 22.7 Å². The van der Waals surface area contributed by atoms with Gasteiger partial charge in [-0.2, -0.15) is 0 Å². The van der Waals surface area contributed by atoms with E-state index < -0.39 is 0 Å². The van der Waals surface area contributed by atoms with Crippen molar-refractivity contribution in [3.63, 3.8) is 0 Å². The highest BCUT2D eigenvalue weighted by Gasteiger charge is 2.36. The van der Waals surface area contributed by atoms with E-state index in [9.17, 15) is 10.1 Å². The van der Waals surface area contributed by atoms with Gasteiger partial charge in [0, 0.05) is 28.2 Å².